The van der Waals surface area contributed by atoms with Crippen molar-refractivity contribution in [2.75, 3.05) is 37.8 Å². The van der Waals surface area contributed by atoms with E-state index in [1.807, 2.05) is 0 Å². The van der Waals surface area contributed by atoms with Gasteiger partial charge >= 0.3 is 0 Å². The van der Waals surface area contributed by atoms with Crippen LogP contribution in [-0.2, 0) is 6.42 Å². The lowest BCUT2D eigenvalue weighted by molar-refractivity contribution is 0.326. The van der Waals surface area contributed by atoms with Crippen LogP contribution in [0.25, 0.3) is 0 Å². The first kappa shape index (κ1) is 16.7. The SMILES string of the molecule is CCCNc1nc(CC)nc(NCC(C)N(C)C)c1C. The van der Waals surface area contributed by atoms with Crippen molar-refractivity contribution in [1.29, 1.82) is 0 Å². The summed E-state index contributed by atoms with van der Waals surface area (Å²) in [5.41, 5.74) is 1.10. The van der Waals surface area contributed by atoms with Crippen molar-refractivity contribution in [3.05, 3.63) is 11.4 Å². The molecule has 0 saturated carbocycles. The van der Waals surface area contributed by atoms with E-state index in [0.29, 0.717) is 6.04 Å². The smallest absolute Gasteiger partial charge is 0.134 e. The molecule has 2 N–H and O–H groups in total. The molecule has 0 saturated heterocycles. The van der Waals surface area contributed by atoms with Crippen LogP contribution < -0.4 is 10.6 Å². The molecule has 1 rings (SSSR count). The van der Waals surface area contributed by atoms with E-state index in [0.717, 1.165) is 49.0 Å². The van der Waals surface area contributed by atoms with Crippen LogP contribution in [0.1, 0.15) is 38.6 Å². The summed E-state index contributed by atoms with van der Waals surface area (Å²) in [6.45, 7) is 10.3. The Balaban J connectivity index is 2.87. The molecular weight excluding hydrogens is 250 g/mol. The molecule has 1 heterocycles. The summed E-state index contributed by atoms with van der Waals surface area (Å²) < 4.78 is 0. The lowest BCUT2D eigenvalue weighted by Gasteiger charge is -2.21. The third-order valence-corrected chi connectivity index (χ3v) is 3.50. The molecule has 0 radical (unpaired) electrons. The highest BCUT2D eigenvalue weighted by Gasteiger charge is 2.11. The van der Waals surface area contributed by atoms with Crippen molar-refractivity contribution in [1.82, 2.24) is 14.9 Å². The van der Waals surface area contributed by atoms with Crippen molar-refractivity contribution in [3.63, 3.8) is 0 Å². The van der Waals surface area contributed by atoms with Gasteiger partial charge < -0.3 is 15.5 Å². The van der Waals surface area contributed by atoms with Gasteiger partial charge in [0.15, 0.2) is 0 Å². The van der Waals surface area contributed by atoms with Gasteiger partial charge in [-0.15, -0.1) is 0 Å². The van der Waals surface area contributed by atoms with Crippen LogP contribution in [-0.4, -0.2) is 48.1 Å². The zero-order valence-corrected chi connectivity index (χ0v) is 13.7. The second kappa shape index (κ2) is 8.04. The van der Waals surface area contributed by atoms with Gasteiger partial charge in [-0.05, 0) is 34.4 Å². The van der Waals surface area contributed by atoms with Crippen molar-refractivity contribution in [3.8, 4) is 0 Å². The number of hydrogen-bond acceptors (Lipinski definition) is 5. The van der Waals surface area contributed by atoms with Crippen LogP contribution in [0.5, 0.6) is 0 Å². The summed E-state index contributed by atoms with van der Waals surface area (Å²) in [5, 5.41) is 6.84. The minimum absolute atomic E-state index is 0.460. The number of rotatable bonds is 8. The molecule has 0 bridgehead atoms. The summed E-state index contributed by atoms with van der Waals surface area (Å²) in [7, 11) is 4.18. The summed E-state index contributed by atoms with van der Waals surface area (Å²) in [6.07, 6.45) is 1.93. The molecular formula is C15H29N5. The minimum Gasteiger partial charge on any atom is -0.370 e. The van der Waals surface area contributed by atoms with Gasteiger partial charge in [-0.3, -0.25) is 0 Å². The number of aromatic nitrogens is 2. The Morgan fingerprint density at radius 2 is 1.70 bits per heavy atom. The van der Waals surface area contributed by atoms with Gasteiger partial charge in [0.25, 0.3) is 0 Å². The summed E-state index contributed by atoms with van der Waals surface area (Å²) in [4.78, 5) is 11.4. The Labute approximate surface area is 123 Å². The third kappa shape index (κ3) is 4.63. The molecule has 1 aromatic rings. The van der Waals surface area contributed by atoms with E-state index in [2.05, 4.69) is 67.3 Å². The molecule has 0 amide bonds. The molecule has 114 valence electrons. The van der Waals surface area contributed by atoms with Crippen LogP contribution in [0, 0.1) is 6.92 Å². The van der Waals surface area contributed by atoms with Crippen molar-refractivity contribution in [2.45, 2.75) is 46.6 Å². The van der Waals surface area contributed by atoms with Crippen molar-refractivity contribution >= 4 is 11.6 Å². The predicted molar refractivity (Wildman–Crippen MR) is 86.6 cm³/mol. The maximum Gasteiger partial charge on any atom is 0.134 e. The lowest BCUT2D eigenvalue weighted by Crippen LogP contribution is -2.32. The lowest BCUT2D eigenvalue weighted by atomic mass is 10.2. The number of aryl methyl sites for hydroxylation is 1. The Morgan fingerprint density at radius 1 is 1.10 bits per heavy atom. The molecule has 0 aromatic carbocycles. The van der Waals surface area contributed by atoms with Crippen LogP contribution in [0.4, 0.5) is 11.6 Å². The van der Waals surface area contributed by atoms with E-state index in [4.69, 9.17) is 0 Å². The number of nitrogens with zero attached hydrogens (tertiary/aromatic N) is 3. The highest BCUT2D eigenvalue weighted by molar-refractivity contribution is 5.57. The fraction of sp³-hybridized carbons (Fsp3) is 0.733. The highest BCUT2D eigenvalue weighted by atomic mass is 15.1. The van der Waals surface area contributed by atoms with E-state index in [-0.39, 0.29) is 0 Å². The van der Waals surface area contributed by atoms with Gasteiger partial charge in [0.2, 0.25) is 0 Å². The van der Waals surface area contributed by atoms with Crippen LogP contribution in [0.15, 0.2) is 0 Å². The largest absolute Gasteiger partial charge is 0.370 e. The van der Waals surface area contributed by atoms with E-state index >= 15 is 0 Å². The topological polar surface area (TPSA) is 53.1 Å². The second-order valence-corrected chi connectivity index (χ2v) is 5.44. The number of hydrogen-bond donors (Lipinski definition) is 2. The molecule has 1 atom stereocenters. The average Bonchev–Trinajstić information content (AvgIpc) is 2.44. The number of nitrogens with one attached hydrogen (secondary N) is 2. The normalized spacial score (nSPS) is 12.6. The van der Waals surface area contributed by atoms with Crippen LogP contribution in [0.3, 0.4) is 0 Å². The first-order valence-corrected chi connectivity index (χ1v) is 7.51. The maximum absolute atomic E-state index is 4.61. The van der Waals surface area contributed by atoms with Gasteiger partial charge in [-0.25, -0.2) is 9.97 Å². The van der Waals surface area contributed by atoms with E-state index in [1.165, 1.54) is 0 Å². The third-order valence-electron chi connectivity index (χ3n) is 3.50. The Bertz CT molecular complexity index is 417. The molecule has 1 aromatic heterocycles. The molecule has 5 nitrogen and oxygen atoms in total. The molecule has 0 aliphatic rings. The van der Waals surface area contributed by atoms with E-state index in [9.17, 15) is 0 Å². The minimum atomic E-state index is 0.460. The van der Waals surface area contributed by atoms with Gasteiger partial charge in [0.1, 0.15) is 17.5 Å². The number of likely N-dealkylation sites (N-methyl/N-ethyl adjacent to an activating group) is 1. The Morgan fingerprint density at radius 3 is 2.20 bits per heavy atom. The average molecular weight is 279 g/mol. The second-order valence-electron chi connectivity index (χ2n) is 5.44. The molecule has 5 heteroatoms. The Hall–Kier alpha value is -1.36. The Kier molecular flexibility index (Phi) is 6.71. The zero-order valence-electron chi connectivity index (χ0n) is 13.7. The zero-order chi connectivity index (χ0) is 15.1. The number of anilines is 2. The molecule has 1 unspecified atom stereocenters. The van der Waals surface area contributed by atoms with Gasteiger partial charge in [-0.1, -0.05) is 13.8 Å². The van der Waals surface area contributed by atoms with Crippen LogP contribution in [0.2, 0.25) is 0 Å². The van der Waals surface area contributed by atoms with E-state index < -0.39 is 0 Å². The predicted octanol–water partition coefficient (Wildman–Crippen LogP) is 2.53. The standard InChI is InChI=1S/C15H29N5/c1-7-9-16-14-12(4)15(19-13(8-2)18-14)17-10-11(3)20(5)6/h11H,7-10H2,1-6H3,(H2,16,17,18,19). The molecule has 20 heavy (non-hydrogen) atoms. The first-order chi connectivity index (χ1) is 9.49. The summed E-state index contributed by atoms with van der Waals surface area (Å²) >= 11 is 0. The van der Waals surface area contributed by atoms with Crippen molar-refractivity contribution in [2.24, 2.45) is 0 Å². The van der Waals surface area contributed by atoms with Crippen LogP contribution >= 0.6 is 0 Å². The highest BCUT2D eigenvalue weighted by Crippen LogP contribution is 2.20. The molecule has 0 spiro atoms. The van der Waals surface area contributed by atoms with Gasteiger partial charge in [-0.2, -0.15) is 0 Å². The monoisotopic (exact) mass is 279 g/mol. The maximum atomic E-state index is 4.61. The summed E-state index contributed by atoms with van der Waals surface area (Å²) in [6, 6.07) is 0.460. The van der Waals surface area contributed by atoms with Gasteiger partial charge in [0.05, 0.1) is 0 Å². The molecule has 0 aliphatic carbocycles. The summed E-state index contributed by atoms with van der Waals surface area (Å²) in [5.74, 6) is 2.79. The fourth-order valence-corrected chi connectivity index (χ4v) is 1.74. The quantitative estimate of drug-likeness (QED) is 0.766. The molecule has 0 fully saturated rings. The molecule has 0 aliphatic heterocycles. The van der Waals surface area contributed by atoms with Gasteiger partial charge in [0, 0.05) is 31.1 Å². The first-order valence-electron chi connectivity index (χ1n) is 7.51. The van der Waals surface area contributed by atoms with Crippen molar-refractivity contribution < 1.29 is 0 Å². The van der Waals surface area contributed by atoms with E-state index in [1.54, 1.807) is 0 Å². The fourth-order valence-electron chi connectivity index (χ4n) is 1.74.